The van der Waals surface area contributed by atoms with Gasteiger partial charge in [0.25, 0.3) is 0 Å². The maximum Gasteiger partial charge on any atom is 1.00 e. The molecule has 6 aliphatic heterocycles. The molecule has 0 bridgehead atoms. The zero-order chi connectivity index (χ0) is 26.1. The number of nitrogens with zero attached hydrogens (tertiary/aromatic N) is 3. The second-order valence-electron chi connectivity index (χ2n) is 8.07. The normalized spacial score (nSPS) is 25.2. The Morgan fingerprint density at radius 3 is 0.949 bits per heavy atom. The van der Waals surface area contributed by atoms with Crippen molar-refractivity contribution >= 4 is 68.5 Å². The Labute approximate surface area is 302 Å². The van der Waals surface area contributed by atoms with E-state index in [4.69, 9.17) is 0 Å². The molecule has 18 heteroatoms. The number of aliphatic carboxylic acids is 3. The molecule has 3 fully saturated rings. The molecule has 192 valence electrons. The third kappa shape index (κ3) is 8.80. The molecule has 3 atom stereocenters. The Balaban J connectivity index is 0.000000282. The van der Waals surface area contributed by atoms with Crippen LogP contribution in [0.3, 0.4) is 0 Å². The SMILES string of the molecule is O=C1C=C(C(=O)[O-])N2CCC2S1.O=C1C=C(C(=O)[O-])N2CCC2S1.O=C1C=C(C(=O)[O-])N2CCC2S1.[Na+].[Na+].[Na+]. The van der Waals surface area contributed by atoms with E-state index < -0.39 is 17.9 Å². The Hall–Kier alpha value is 0.0900. The molecule has 0 spiro atoms. The minimum absolute atomic E-state index is 0. The average molecular weight is 622 g/mol. The van der Waals surface area contributed by atoms with Gasteiger partial charge in [0.15, 0.2) is 0 Å². The number of carboxylic acid groups (broad SMARTS) is 3. The molecule has 0 radical (unpaired) electrons. The van der Waals surface area contributed by atoms with Crippen LogP contribution in [-0.4, -0.2) is 83.7 Å². The molecular weight excluding hydrogens is 603 g/mol. The van der Waals surface area contributed by atoms with Gasteiger partial charge < -0.3 is 44.4 Å². The van der Waals surface area contributed by atoms with Gasteiger partial charge >= 0.3 is 88.7 Å². The molecule has 39 heavy (non-hydrogen) atoms. The minimum Gasteiger partial charge on any atom is -0.543 e. The summed E-state index contributed by atoms with van der Waals surface area (Å²) < 4.78 is 0. The third-order valence-electron chi connectivity index (χ3n) is 5.97. The van der Waals surface area contributed by atoms with Crippen LogP contribution in [0.4, 0.5) is 0 Å². The molecule has 6 rings (SSSR count). The van der Waals surface area contributed by atoms with Crippen LogP contribution >= 0.6 is 35.3 Å². The maximum atomic E-state index is 10.9. The third-order valence-corrected chi connectivity index (χ3v) is 9.31. The maximum absolute atomic E-state index is 10.9. The molecule has 6 aliphatic rings. The first-order chi connectivity index (χ1) is 17.0. The molecule has 6 heterocycles. The van der Waals surface area contributed by atoms with E-state index in [-0.39, 0.29) is 137 Å². The van der Waals surface area contributed by atoms with Crippen molar-refractivity contribution in [3.8, 4) is 0 Å². The van der Waals surface area contributed by atoms with Crippen molar-refractivity contribution in [2.45, 2.75) is 35.4 Å². The largest absolute Gasteiger partial charge is 1.00 e. The first-order valence-electron chi connectivity index (χ1n) is 10.8. The van der Waals surface area contributed by atoms with Crippen LogP contribution in [-0.2, 0) is 28.8 Å². The van der Waals surface area contributed by atoms with Gasteiger partial charge in [-0.05, 0) is 19.3 Å². The van der Waals surface area contributed by atoms with E-state index >= 15 is 0 Å². The second kappa shape index (κ2) is 16.1. The number of carbonyl (C=O) groups is 6. The van der Waals surface area contributed by atoms with Crippen LogP contribution in [0, 0.1) is 0 Å². The molecule has 0 aliphatic carbocycles. The van der Waals surface area contributed by atoms with Gasteiger partial charge in [-0.3, -0.25) is 14.4 Å². The van der Waals surface area contributed by atoms with Crippen LogP contribution in [0.2, 0.25) is 0 Å². The van der Waals surface area contributed by atoms with Crippen molar-refractivity contribution in [1.29, 1.82) is 0 Å². The number of carbonyl (C=O) groups excluding carboxylic acids is 6. The Morgan fingerprint density at radius 1 is 0.564 bits per heavy atom. The van der Waals surface area contributed by atoms with Crippen LogP contribution in [0.25, 0.3) is 0 Å². The summed E-state index contributed by atoms with van der Waals surface area (Å²) in [7, 11) is 0. The molecule has 3 unspecified atom stereocenters. The van der Waals surface area contributed by atoms with E-state index in [1.807, 2.05) is 0 Å². The molecule has 0 amide bonds. The zero-order valence-electron chi connectivity index (χ0n) is 21.4. The number of hydrogen-bond donors (Lipinski definition) is 0. The summed E-state index contributed by atoms with van der Waals surface area (Å²) in [5.74, 6) is -3.77. The fraction of sp³-hybridized carbons (Fsp3) is 0.429. The predicted octanol–water partition coefficient (Wildman–Crippen LogP) is -12.2. The molecule has 0 saturated carbocycles. The summed E-state index contributed by atoms with van der Waals surface area (Å²) in [6.45, 7) is 2.14. The van der Waals surface area contributed by atoms with E-state index in [0.717, 1.165) is 37.5 Å². The monoisotopic (exact) mass is 621 g/mol. The Bertz CT molecular complexity index is 1010. The number of rotatable bonds is 3. The molecule has 3 saturated heterocycles. The number of thioether (sulfide) groups is 3. The van der Waals surface area contributed by atoms with Crippen molar-refractivity contribution in [2.75, 3.05) is 19.6 Å². The zero-order valence-corrected chi connectivity index (χ0v) is 29.9. The van der Waals surface area contributed by atoms with Gasteiger partial charge in [-0.15, -0.1) is 0 Å². The van der Waals surface area contributed by atoms with Gasteiger partial charge in [-0.1, -0.05) is 35.3 Å². The van der Waals surface area contributed by atoms with Crippen molar-refractivity contribution in [3.63, 3.8) is 0 Å². The molecule has 0 N–H and O–H groups in total. The number of carboxylic acids is 3. The van der Waals surface area contributed by atoms with Gasteiger partial charge in [0.2, 0.25) is 15.3 Å². The van der Waals surface area contributed by atoms with Crippen molar-refractivity contribution < 1.29 is 133 Å². The molecular formula is C21H18N3Na3O9S3. The van der Waals surface area contributed by atoms with Gasteiger partial charge in [0.05, 0.1) is 51.1 Å². The fourth-order valence-electron chi connectivity index (χ4n) is 3.90. The van der Waals surface area contributed by atoms with Crippen molar-refractivity contribution in [1.82, 2.24) is 14.7 Å². The summed E-state index contributed by atoms with van der Waals surface area (Å²) in [4.78, 5) is 69.4. The summed E-state index contributed by atoms with van der Waals surface area (Å²) in [6, 6.07) is 0. The number of fused-ring (bicyclic) bond motifs is 3. The van der Waals surface area contributed by atoms with Crippen LogP contribution in [0.1, 0.15) is 19.3 Å². The molecule has 0 aromatic rings. The van der Waals surface area contributed by atoms with Crippen LogP contribution in [0.5, 0.6) is 0 Å². The van der Waals surface area contributed by atoms with E-state index in [1.165, 1.54) is 35.3 Å². The van der Waals surface area contributed by atoms with E-state index in [9.17, 15) is 44.1 Å². The van der Waals surface area contributed by atoms with Crippen molar-refractivity contribution in [2.24, 2.45) is 0 Å². The van der Waals surface area contributed by atoms with Crippen molar-refractivity contribution in [3.05, 3.63) is 35.3 Å². The molecule has 12 nitrogen and oxygen atoms in total. The molecule has 0 aromatic carbocycles. The summed E-state index contributed by atoms with van der Waals surface area (Å²) >= 11 is 3.53. The van der Waals surface area contributed by atoms with Gasteiger partial charge in [0, 0.05) is 37.9 Å². The van der Waals surface area contributed by atoms with Gasteiger partial charge in [-0.2, -0.15) is 0 Å². The van der Waals surface area contributed by atoms with Gasteiger partial charge in [0.1, 0.15) is 0 Å². The first kappa shape index (κ1) is 37.1. The van der Waals surface area contributed by atoms with Gasteiger partial charge in [-0.25, -0.2) is 0 Å². The smallest absolute Gasteiger partial charge is 0.543 e. The first-order valence-corrected chi connectivity index (χ1v) is 13.4. The summed E-state index contributed by atoms with van der Waals surface area (Å²) in [5, 5.41) is 31.1. The summed E-state index contributed by atoms with van der Waals surface area (Å²) in [6.07, 6.45) is 6.03. The van der Waals surface area contributed by atoms with Crippen LogP contribution in [0.15, 0.2) is 35.3 Å². The van der Waals surface area contributed by atoms with E-state index in [0.29, 0.717) is 19.6 Å². The quantitative estimate of drug-likeness (QED) is 0.271. The standard InChI is InChI=1S/3C7H7NO3S.3Na/c3*9-6-3-4(7(10)11)8-2-1-5(8)12-6;;;/h3*3,5H,1-2H2,(H,10,11);;;/q;;;3*+1/p-3. The second-order valence-corrected chi connectivity index (χ2v) is 11.6. The summed E-state index contributed by atoms with van der Waals surface area (Å²) in [5.41, 5.74) is 0.111. The topological polar surface area (TPSA) is 181 Å². The fourth-order valence-corrected chi connectivity index (χ4v) is 6.95. The van der Waals surface area contributed by atoms with Crippen LogP contribution < -0.4 is 104 Å². The van der Waals surface area contributed by atoms with E-state index in [1.54, 1.807) is 14.7 Å². The van der Waals surface area contributed by atoms with E-state index in [2.05, 4.69) is 0 Å². The molecule has 0 aromatic heterocycles. The average Bonchev–Trinajstić information content (AvgIpc) is 2.74. The Kier molecular flexibility index (Phi) is 15.3. The predicted molar refractivity (Wildman–Crippen MR) is 122 cm³/mol. The Morgan fingerprint density at radius 2 is 0.795 bits per heavy atom. The minimum atomic E-state index is -1.26. The number of hydrogen-bond acceptors (Lipinski definition) is 15.